The van der Waals surface area contributed by atoms with Gasteiger partial charge >= 0.3 is 5.97 Å². The fourth-order valence-corrected chi connectivity index (χ4v) is 6.43. The second-order valence-electron chi connectivity index (χ2n) is 9.58. The summed E-state index contributed by atoms with van der Waals surface area (Å²) in [6, 6.07) is 13.3. The zero-order chi connectivity index (χ0) is 27.6. The SMILES string of the molecule is Cc1c(C(=O)O)nn(-c2ccccc2)c1Oc1ccc(NC(=O)C2CCCC2)cc1S(=O)(=O)N1CCOCC1. The summed E-state index contributed by atoms with van der Waals surface area (Å²) in [5, 5.41) is 16.8. The van der Waals surface area contributed by atoms with Crippen LogP contribution < -0.4 is 10.1 Å². The molecular weight excluding hydrogens is 524 g/mol. The maximum Gasteiger partial charge on any atom is 0.356 e. The third-order valence-electron chi connectivity index (χ3n) is 7.00. The van der Waals surface area contributed by atoms with Gasteiger partial charge in [0.2, 0.25) is 21.8 Å². The van der Waals surface area contributed by atoms with E-state index in [4.69, 9.17) is 9.47 Å². The normalized spacial score (nSPS) is 16.7. The van der Waals surface area contributed by atoms with Crippen molar-refractivity contribution in [3.05, 3.63) is 59.8 Å². The zero-order valence-corrected chi connectivity index (χ0v) is 22.3. The predicted octanol–water partition coefficient (Wildman–Crippen LogP) is 3.82. The maximum atomic E-state index is 13.8. The Morgan fingerprint density at radius 3 is 2.44 bits per heavy atom. The smallest absolute Gasteiger partial charge is 0.356 e. The highest BCUT2D eigenvalue weighted by Crippen LogP contribution is 2.37. The molecule has 39 heavy (non-hydrogen) atoms. The zero-order valence-electron chi connectivity index (χ0n) is 21.5. The molecule has 2 N–H and O–H groups in total. The summed E-state index contributed by atoms with van der Waals surface area (Å²) in [5.41, 5.74) is 0.901. The van der Waals surface area contributed by atoms with E-state index in [2.05, 4.69) is 10.4 Å². The number of nitrogens with zero attached hydrogens (tertiary/aromatic N) is 3. The average molecular weight is 555 g/mol. The van der Waals surface area contributed by atoms with E-state index in [1.807, 2.05) is 6.07 Å². The van der Waals surface area contributed by atoms with E-state index in [0.29, 0.717) is 11.4 Å². The molecule has 2 fully saturated rings. The topological polar surface area (TPSA) is 140 Å². The van der Waals surface area contributed by atoms with Crippen LogP contribution in [0.1, 0.15) is 41.7 Å². The van der Waals surface area contributed by atoms with E-state index in [1.54, 1.807) is 37.3 Å². The summed E-state index contributed by atoms with van der Waals surface area (Å²) >= 11 is 0. The largest absolute Gasteiger partial charge is 0.476 e. The van der Waals surface area contributed by atoms with Crippen molar-refractivity contribution in [2.45, 2.75) is 37.5 Å². The summed E-state index contributed by atoms with van der Waals surface area (Å²) in [6.07, 6.45) is 3.60. The molecule has 0 radical (unpaired) electrons. The highest BCUT2D eigenvalue weighted by molar-refractivity contribution is 7.89. The second kappa shape index (κ2) is 11.2. The van der Waals surface area contributed by atoms with Gasteiger partial charge in [0.1, 0.15) is 10.6 Å². The number of para-hydroxylation sites is 1. The number of morpholine rings is 1. The van der Waals surface area contributed by atoms with Gasteiger partial charge in [-0.1, -0.05) is 31.0 Å². The minimum absolute atomic E-state index is 0.0162. The van der Waals surface area contributed by atoms with Crippen LogP contribution in [0.4, 0.5) is 5.69 Å². The van der Waals surface area contributed by atoms with Crippen molar-refractivity contribution in [1.29, 1.82) is 0 Å². The first kappa shape index (κ1) is 26.9. The van der Waals surface area contributed by atoms with E-state index in [-0.39, 0.29) is 65.9 Å². The molecule has 3 aromatic rings. The fraction of sp³-hybridized carbons (Fsp3) is 0.370. The number of aromatic carboxylic acids is 1. The van der Waals surface area contributed by atoms with E-state index in [9.17, 15) is 23.1 Å². The van der Waals surface area contributed by atoms with Crippen LogP contribution in [0.25, 0.3) is 5.69 Å². The van der Waals surface area contributed by atoms with Gasteiger partial charge in [0, 0.05) is 30.3 Å². The number of hydrogen-bond acceptors (Lipinski definition) is 7. The Morgan fingerprint density at radius 1 is 1.08 bits per heavy atom. The van der Waals surface area contributed by atoms with E-state index >= 15 is 0 Å². The van der Waals surface area contributed by atoms with Crippen molar-refractivity contribution in [2.75, 3.05) is 31.6 Å². The lowest BCUT2D eigenvalue weighted by atomic mass is 10.1. The van der Waals surface area contributed by atoms with Crippen molar-refractivity contribution >= 4 is 27.6 Å². The highest BCUT2D eigenvalue weighted by atomic mass is 32.2. The molecule has 1 aromatic heterocycles. The molecule has 0 bridgehead atoms. The summed E-state index contributed by atoms with van der Waals surface area (Å²) in [5.74, 6) is -1.42. The van der Waals surface area contributed by atoms with Gasteiger partial charge < -0.3 is 19.9 Å². The number of amides is 1. The first-order valence-electron chi connectivity index (χ1n) is 12.8. The number of ether oxygens (including phenoxy) is 2. The number of benzene rings is 2. The third-order valence-corrected chi connectivity index (χ3v) is 8.92. The maximum absolute atomic E-state index is 13.8. The molecule has 5 rings (SSSR count). The van der Waals surface area contributed by atoms with E-state index in [1.165, 1.54) is 21.1 Å². The van der Waals surface area contributed by atoms with Gasteiger partial charge in [-0.3, -0.25) is 4.79 Å². The Morgan fingerprint density at radius 2 is 1.77 bits per heavy atom. The van der Waals surface area contributed by atoms with Crippen molar-refractivity contribution in [2.24, 2.45) is 5.92 Å². The van der Waals surface area contributed by atoms with E-state index < -0.39 is 16.0 Å². The molecule has 2 heterocycles. The predicted molar refractivity (Wildman–Crippen MR) is 142 cm³/mol. The molecule has 0 spiro atoms. The third kappa shape index (κ3) is 5.54. The lowest BCUT2D eigenvalue weighted by molar-refractivity contribution is -0.119. The Balaban J connectivity index is 1.58. The lowest BCUT2D eigenvalue weighted by Crippen LogP contribution is -2.40. The van der Waals surface area contributed by atoms with Crippen molar-refractivity contribution < 1.29 is 32.6 Å². The van der Waals surface area contributed by atoms with Gasteiger partial charge in [0.25, 0.3) is 0 Å². The number of nitrogens with one attached hydrogen (secondary N) is 1. The van der Waals surface area contributed by atoms with Gasteiger partial charge in [0.05, 0.1) is 18.9 Å². The van der Waals surface area contributed by atoms with Crippen LogP contribution in [-0.4, -0.2) is 65.8 Å². The summed E-state index contributed by atoms with van der Waals surface area (Å²) in [6.45, 7) is 2.41. The Bertz CT molecular complexity index is 1480. The standard InChI is InChI=1S/C27H30N4O7S/c1-18-24(27(33)34)29-31(21-9-3-2-4-10-21)26(18)38-22-12-11-20(28-25(32)19-7-5-6-8-19)17-23(22)39(35,36)30-13-15-37-16-14-30/h2-4,9-12,17,19H,5-8,13-16H2,1H3,(H,28,32)(H,33,34). The van der Waals surface area contributed by atoms with Crippen LogP contribution in [0.5, 0.6) is 11.6 Å². The number of rotatable bonds is 8. The summed E-state index contributed by atoms with van der Waals surface area (Å²) < 4.78 is 41.8. The molecule has 1 saturated heterocycles. The monoisotopic (exact) mass is 554 g/mol. The number of sulfonamides is 1. The van der Waals surface area contributed by atoms with Gasteiger partial charge in [-0.05, 0) is 50.1 Å². The van der Waals surface area contributed by atoms with Crippen molar-refractivity contribution in [1.82, 2.24) is 14.1 Å². The minimum Gasteiger partial charge on any atom is -0.476 e. The quantitative estimate of drug-likeness (QED) is 0.428. The van der Waals surface area contributed by atoms with Crippen molar-refractivity contribution in [3.63, 3.8) is 0 Å². The average Bonchev–Trinajstić information content (AvgIpc) is 3.59. The number of carboxylic acid groups (broad SMARTS) is 1. The Labute approximate surface area is 226 Å². The van der Waals surface area contributed by atoms with Gasteiger partial charge in [-0.15, -0.1) is 0 Å². The van der Waals surface area contributed by atoms with Crippen LogP contribution in [-0.2, 0) is 19.6 Å². The number of carbonyl (C=O) groups excluding carboxylic acids is 1. The van der Waals surface area contributed by atoms with Crippen LogP contribution in [0.2, 0.25) is 0 Å². The van der Waals surface area contributed by atoms with E-state index in [0.717, 1.165) is 25.7 Å². The molecule has 0 unspecified atom stereocenters. The molecule has 2 aliphatic rings. The van der Waals surface area contributed by atoms with Crippen LogP contribution in [0.3, 0.4) is 0 Å². The molecule has 11 nitrogen and oxygen atoms in total. The molecule has 1 aliphatic heterocycles. The first-order chi connectivity index (χ1) is 18.8. The molecule has 1 amide bonds. The van der Waals surface area contributed by atoms with Gasteiger partial charge in [-0.2, -0.15) is 14.1 Å². The molecule has 1 saturated carbocycles. The minimum atomic E-state index is -4.06. The number of hydrogen-bond donors (Lipinski definition) is 2. The summed E-state index contributed by atoms with van der Waals surface area (Å²) in [4.78, 5) is 24.5. The van der Waals surface area contributed by atoms with Crippen LogP contribution in [0.15, 0.2) is 53.4 Å². The number of carboxylic acids is 1. The molecular formula is C27H30N4O7S. The lowest BCUT2D eigenvalue weighted by Gasteiger charge is -2.27. The molecule has 12 heteroatoms. The van der Waals surface area contributed by atoms with Crippen LogP contribution >= 0.6 is 0 Å². The molecule has 2 aromatic carbocycles. The molecule has 0 atom stereocenters. The molecule has 1 aliphatic carbocycles. The summed E-state index contributed by atoms with van der Waals surface area (Å²) in [7, 11) is -4.06. The molecule has 206 valence electrons. The van der Waals surface area contributed by atoms with Gasteiger partial charge in [0.15, 0.2) is 5.69 Å². The fourth-order valence-electron chi connectivity index (χ4n) is 4.88. The second-order valence-corrected chi connectivity index (χ2v) is 11.5. The number of carbonyl (C=O) groups is 2. The van der Waals surface area contributed by atoms with Crippen LogP contribution in [0, 0.1) is 12.8 Å². The number of anilines is 1. The Hall–Kier alpha value is -3.74. The number of aromatic nitrogens is 2. The van der Waals surface area contributed by atoms with Gasteiger partial charge in [-0.25, -0.2) is 13.2 Å². The Kier molecular flexibility index (Phi) is 7.69. The first-order valence-corrected chi connectivity index (χ1v) is 14.3. The highest BCUT2D eigenvalue weighted by Gasteiger charge is 2.32. The van der Waals surface area contributed by atoms with Crippen molar-refractivity contribution in [3.8, 4) is 17.3 Å².